The van der Waals surface area contributed by atoms with Crippen LogP contribution in [0.1, 0.15) is 42.0 Å². The van der Waals surface area contributed by atoms with Crippen LogP contribution in [-0.2, 0) is 9.53 Å². The molecule has 1 aromatic carbocycles. The topological polar surface area (TPSA) is 41.6 Å². The highest BCUT2D eigenvalue weighted by Gasteiger charge is 2.28. The number of piperidine rings is 1. The lowest BCUT2D eigenvalue weighted by Crippen LogP contribution is -2.43. The van der Waals surface area contributed by atoms with Crippen molar-refractivity contribution < 1.29 is 9.53 Å². The number of halogens is 1. The van der Waals surface area contributed by atoms with Gasteiger partial charge in [0.05, 0.1) is 19.2 Å². The Bertz CT molecular complexity index is 508. The van der Waals surface area contributed by atoms with Crippen LogP contribution in [0.5, 0.6) is 0 Å². The van der Waals surface area contributed by atoms with Gasteiger partial charge in [-0.3, -0.25) is 4.79 Å². The molecule has 1 aliphatic heterocycles. The molecule has 0 aromatic heterocycles. The van der Waals surface area contributed by atoms with Gasteiger partial charge in [-0.05, 0) is 49.8 Å². The number of hydrogen-bond acceptors (Lipinski definition) is 3. The Balaban J connectivity index is 0.00000264. The van der Waals surface area contributed by atoms with Crippen molar-refractivity contribution in [2.24, 2.45) is 0 Å². The fraction of sp³-hybridized carbons (Fsp3) is 0.611. The molecule has 1 aromatic rings. The fourth-order valence-electron chi connectivity index (χ4n) is 3.16. The van der Waals surface area contributed by atoms with Crippen LogP contribution in [0.15, 0.2) is 18.2 Å². The molecule has 0 saturated carbocycles. The Morgan fingerprint density at radius 2 is 2.13 bits per heavy atom. The average molecular weight is 341 g/mol. The number of benzene rings is 1. The number of methoxy groups -OCH3 is 1. The molecule has 2 rings (SSSR count). The van der Waals surface area contributed by atoms with E-state index in [0.717, 1.165) is 19.4 Å². The molecule has 0 bridgehead atoms. The predicted octanol–water partition coefficient (Wildman–Crippen LogP) is 3.01. The molecule has 4 nitrogen and oxygen atoms in total. The monoisotopic (exact) mass is 340 g/mol. The van der Waals surface area contributed by atoms with Crippen LogP contribution in [-0.4, -0.2) is 44.2 Å². The first kappa shape index (κ1) is 19.9. The third-order valence-electron chi connectivity index (χ3n) is 4.59. The van der Waals surface area contributed by atoms with Crippen molar-refractivity contribution in [3.8, 4) is 0 Å². The number of rotatable bonds is 6. The highest BCUT2D eigenvalue weighted by Crippen LogP contribution is 2.33. The van der Waals surface area contributed by atoms with Gasteiger partial charge in [0.2, 0.25) is 5.91 Å². The minimum absolute atomic E-state index is 0. The summed E-state index contributed by atoms with van der Waals surface area (Å²) in [5, 5.41) is 3.17. The van der Waals surface area contributed by atoms with Crippen LogP contribution >= 0.6 is 12.4 Å². The van der Waals surface area contributed by atoms with E-state index < -0.39 is 0 Å². The maximum absolute atomic E-state index is 12.6. The Labute approximate surface area is 146 Å². The third kappa shape index (κ3) is 5.20. The van der Waals surface area contributed by atoms with Crippen molar-refractivity contribution in [3.63, 3.8) is 0 Å². The van der Waals surface area contributed by atoms with Crippen LogP contribution < -0.4 is 5.32 Å². The molecule has 23 heavy (non-hydrogen) atoms. The van der Waals surface area contributed by atoms with E-state index in [0.29, 0.717) is 19.7 Å². The zero-order valence-corrected chi connectivity index (χ0v) is 15.2. The molecule has 1 unspecified atom stereocenters. The molecule has 130 valence electrons. The van der Waals surface area contributed by atoms with Crippen molar-refractivity contribution in [3.05, 3.63) is 34.9 Å². The van der Waals surface area contributed by atoms with Gasteiger partial charge in [-0.2, -0.15) is 0 Å². The van der Waals surface area contributed by atoms with Gasteiger partial charge in [0, 0.05) is 20.2 Å². The first-order valence-electron chi connectivity index (χ1n) is 8.20. The van der Waals surface area contributed by atoms with Gasteiger partial charge < -0.3 is 15.0 Å². The summed E-state index contributed by atoms with van der Waals surface area (Å²) in [5.74, 6) is 0.196. The van der Waals surface area contributed by atoms with Crippen molar-refractivity contribution >= 4 is 18.3 Å². The molecule has 1 saturated heterocycles. The molecule has 0 aliphatic carbocycles. The van der Waals surface area contributed by atoms with E-state index in [1.165, 1.54) is 23.1 Å². The lowest BCUT2D eigenvalue weighted by molar-refractivity contribution is -0.134. The summed E-state index contributed by atoms with van der Waals surface area (Å²) in [5.41, 5.74) is 3.93. The largest absolute Gasteiger partial charge is 0.383 e. The number of aryl methyl sites for hydroxylation is 1. The number of hydrogen-bond donors (Lipinski definition) is 1. The number of likely N-dealkylation sites (tertiary alicyclic amines) is 1. The standard InChI is InChI=1S/C18H28N2O2.ClH/c1-14-7-6-8-16(15(14)2)17-9-4-5-11-20(17)18(21)13-19-10-12-22-3;/h6-8,17,19H,4-5,9-13H2,1-3H3;1H. The maximum Gasteiger partial charge on any atom is 0.237 e. The molecular weight excluding hydrogens is 312 g/mol. The number of nitrogens with one attached hydrogen (secondary N) is 1. The number of nitrogens with zero attached hydrogens (tertiary/aromatic N) is 1. The van der Waals surface area contributed by atoms with E-state index in [4.69, 9.17) is 4.74 Å². The van der Waals surface area contributed by atoms with Crippen LogP contribution in [0.25, 0.3) is 0 Å². The number of carbonyl (C=O) groups is 1. The molecular formula is C18H29ClN2O2. The Morgan fingerprint density at radius 1 is 1.35 bits per heavy atom. The maximum atomic E-state index is 12.6. The Kier molecular flexibility index (Phi) is 8.59. The summed E-state index contributed by atoms with van der Waals surface area (Å²) in [4.78, 5) is 14.6. The van der Waals surface area contributed by atoms with Crippen molar-refractivity contribution in [1.29, 1.82) is 0 Å². The van der Waals surface area contributed by atoms with Crippen LogP contribution in [0.4, 0.5) is 0 Å². The summed E-state index contributed by atoms with van der Waals surface area (Å²) in [6.45, 7) is 6.91. The summed E-state index contributed by atoms with van der Waals surface area (Å²) in [7, 11) is 1.67. The minimum atomic E-state index is 0. The smallest absolute Gasteiger partial charge is 0.237 e. The summed E-state index contributed by atoms with van der Waals surface area (Å²) < 4.78 is 5.00. The predicted molar refractivity (Wildman–Crippen MR) is 96.2 cm³/mol. The minimum Gasteiger partial charge on any atom is -0.383 e. The van der Waals surface area contributed by atoms with Gasteiger partial charge in [0.1, 0.15) is 0 Å². The number of ether oxygens (including phenoxy) is 1. The van der Waals surface area contributed by atoms with E-state index >= 15 is 0 Å². The SMILES string of the molecule is COCCNCC(=O)N1CCCCC1c1cccc(C)c1C.Cl. The normalized spacial score (nSPS) is 17.7. The molecule has 1 N–H and O–H groups in total. The lowest BCUT2D eigenvalue weighted by Gasteiger charge is -2.37. The van der Waals surface area contributed by atoms with Gasteiger partial charge >= 0.3 is 0 Å². The molecule has 0 spiro atoms. The molecule has 1 atom stereocenters. The summed E-state index contributed by atoms with van der Waals surface area (Å²) >= 11 is 0. The molecule has 0 radical (unpaired) electrons. The average Bonchev–Trinajstić information content (AvgIpc) is 2.54. The van der Waals surface area contributed by atoms with Crippen molar-refractivity contribution in [1.82, 2.24) is 10.2 Å². The van der Waals surface area contributed by atoms with Crippen LogP contribution in [0.2, 0.25) is 0 Å². The zero-order valence-electron chi connectivity index (χ0n) is 14.4. The van der Waals surface area contributed by atoms with E-state index in [9.17, 15) is 4.79 Å². The second-order valence-corrected chi connectivity index (χ2v) is 6.06. The molecule has 1 fully saturated rings. The lowest BCUT2D eigenvalue weighted by atomic mass is 9.90. The molecule has 1 aliphatic rings. The first-order valence-corrected chi connectivity index (χ1v) is 8.20. The Morgan fingerprint density at radius 3 is 2.87 bits per heavy atom. The van der Waals surface area contributed by atoms with Gasteiger partial charge in [0.25, 0.3) is 0 Å². The fourth-order valence-corrected chi connectivity index (χ4v) is 3.16. The van der Waals surface area contributed by atoms with Gasteiger partial charge in [-0.25, -0.2) is 0 Å². The van der Waals surface area contributed by atoms with Crippen molar-refractivity contribution in [2.75, 3.05) is 33.4 Å². The van der Waals surface area contributed by atoms with E-state index in [-0.39, 0.29) is 24.4 Å². The van der Waals surface area contributed by atoms with E-state index in [1.807, 2.05) is 0 Å². The van der Waals surface area contributed by atoms with Crippen molar-refractivity contribution in [2.45, 2.75) is 39.2 Å². The van der Waals surface area contributed by atoms with Crippen LogP contribution in [0.3, 0.4) is 0 Å². The molecule has 1 heterocycles. The number of carbonyl (C=O) groups excluding carboxylic acids is 1. The molecule has 5 heteroatoms. The zero-order chi connectivity index (χ0) is 15.9. The van der Waals surface area contributed by atoms with Crippen LogP contribution in [0, 0.1) is 13.8 Å². The highest BCUT2D eigenvalue weighted by molar-refractivity contribution is 5.85. The van der Waals surface area contributed by atoms with Gasteiger partial charge in [0.15, 0.2) is 0 Å². The third-order valence-corrected chi connectivity index (χ3v) is 4.59. The van der Waals surface area contributed by atoms with E-state index in [2.05, 4.69) is 42.3 Å². The van der Waals surface area contributed by atoms with Gasteiger partial charge in [-0.15, -0.1) is 12.4 Å². The Hall–Kier alpha value is -1.10. The van der Waals surface area contributed by atoms with E-state index in [1.54, 1.807) is 7.11 Å². The second kappa shape index (κ2) is 9.91. The second-order valence-electron chi connectivity index (χ2n) is 6.06. The highest BCUT2D eigenvalue weighted by atomic mass is 35.5. The quantitative estimate of drug-likeness (QED) is 0.809. The number of amides is 1. The summed E-state index contributed by atoms with van der Waals surface area (Å²) in [6.07, 6.45) is 3.36. The first-order chi connectivity index (χ1) is 10.6. The summed E-state index contributed by atoms with van der Waals surface area (Å²) in [6, 6.07) is 6.65. The molecule has 1 amide bonds. The van der Waals surface area contributed by atoms with Gasteiger partial charge in [-0.1, -0.05) is 18.2 Å².